The molecule has 0 radical (unpaired) electrons. The van der Waals surface area contributed by atoms with Gasteiger partial charge in [0, 0.05) is 30.4 Å². The van der Waals surface area contributed by atoms with Crippen LogP contribution < -0.4 is 10.1 Å². The topological polar surface area (TPSA) is 112 Å². The van der Waals surface area contributed by atoms with E-state index >= 15 is 0 Å². The molecule has 2 aromatic rings. The summed E-state index contributed by atoms with van der Waals surface area (Å²) in [5.41, 5.74) is 1.51. The van der Waals surface area contributed by atoms with Crippen molar-refractivity contribution in [3.05, 3.63) is 29.5 Å². The Kier molecular flexibility index (Phi) is 4.28. The van der Waals surface area contributed by atoms with Gasteiger partial charge in [0.15, 0.2) is 0 Å². The van der Waals surface area contributed by atoms with Gasteiger partial charge in [0.25, 0.3) is 5.91 Å². The minimum atomic E-state index is -0.960. The van der Waals surface area contributed by atoms with Crippen molar-refractivity contribution in [1.29, 1.82) is 0 Å². The highest BCUT2D eigenvalue weighted by Gasteiger charge is 2.52. The first-order valence-electron chi connectivity index (χ1n) is 9.34. The van der Waals surface area contributed by atoms with Crippen LogP contribution >= 0.6 is 0 Å². The van der Waals surface area contributed by atoms with E-state index in [9.17, 15) is 19.5 Å². The van der Waals surface area contributed by atoms with E-state index in [1.165, 1.54) is 0 Å². The van der Waals surface area contributed by atoms with Crippen LogP contribution in [0.1, 0.15) is 35.3 Å². The number of fused-ring (bicyclic) bond motifs is 1. The third kappa shape index (κ3) is 2.80. The van der Waals surface area contributed by atoms with Crippen molar-refractivity contribution in [1.82, 2.24) is 15.2 Å². The van der Waals surface area contributed by atoms with Gasteiger partial charge in [-0.2, -0.15) is 0 Å². The largest absolute Gasteiger partial charge is 0.497 e. The molecule has 8 nitrogen and oxygen atoms in total. The molecule has 2 fully saturated rings. The second kappa shape index (κ2) is 6.54. The lowest BCUT2D eigenvalue weighted by molar-refractivity contribution is -0.144. The van der Waals surface area contributed by atoms with Crippen LogP contribution in [-0.4, -0.2) is 58.5 Å². The number of methoxy groups -OCH3 is 1. The lowest BCUT2D eigenvalue weighted by Gasteiger charge is -2.41. The lowest BCUT2D eigenvalue weighted by atomic mass is 9.77. The van der Waals surface area contributed by atoms with Crippen molar-refractivity contribution in [2.75, 3.05) is 20.2 Å². The third-order valence-electron chi connectivity index (χ3n) is 6.17. The number of carboxylic acid groups (broad SMARTS) is 1. The highest BCUT2D eigenvalue weighted by atomic mass is 16.5. The van der Waals surface area contributed by atoms with E-state index in [0.29, 0.717) is 31.6 Å². The number of aliphatic carboxylic acids is 1. The number of carbonyl (C=O) groups is 3. The molecule has 4 rings (SSSR count). The molecule has 1 unspecified atom stereocenters. The number of H-pyrrole nitrogens is 1. The van der Waals surface area contributed by atoms with Crippen molar-refractivity contribution in [3.63, 3.8) is 0 Å². The number of benzene rings is 1. The minimum Gasteiger partial charge on any atom is -0.497 e. The normalized spacial score (nSPS) is 21.1. The van der Waals surface area contributed by atoms with Gasteiger partial charge in [0.1, 0.15) is 11.4 Å². The summed E-state index contributed by atoms with van der Waals surface area (Å²) in [4.78, 5) is 41.4. The predicted octanol–water partition coefficient (Wildman–Crippen LogP) is 1.68. The zero-order chi connectivity index (χ0) is 20.1. The highest BCUT2D eigenvalue weighted by molar-refractivity contribution is 6.01. The van der Waals surface area contributed by atoms with Crippen LogP contribution in [0.5, 0.6) is 5.75 Å². The molecule has 1 aromatic heterocycles. The average molecular weight is 385 g/mol. The van der Waals surface area contributed by atoms with Crippen LogP contribution in [0, 0.1) is 12.8 Å². The van der Waals surface area contributed by atoms with E-state index in [1.54, 1.807) is 12.0 Å². The number of nitrogens with one attached hydrogen (secondary N) is 2. The van der Waals surface area contributed by atoms with Crippen LogP contribution in [0.2, 0.25) is 0 Å². The van der Waals surface area contributed by atoms with Gasteiger partial charge in [-0.05, 0) is 43.5 Å². The maximum Gasteiger partial charge on any atom is 0.309 e. The molecule has 8 heteroatoms. The Hall–Kier alpha value is -3.03. The molecule has 0 saturated carbocycles. The molecular weight excluding hydrogens is 362 g/mol. The van der Waals surface area contributed by atoms with Gasteiger partial charge in [-0.1, -0.05) is 0 Å². The smallest absolute Gasteiger partial charge is 0.309 e. The number of hydrogen-bond donors (Lipinski definition) is 3. The van der Waals surface area contributed by atoms with Crippen LogP contribution in [-0.2, 0) is 9.59 Å². The summed E-state index contributed by atoms with van der Waals surface area (Å²) in [6.07, 6.45) is 0.884. The fourth-order valence-corrected chi connectivity index (χ4v) is 4.51. The number of ether oxygens (including phenoxy) is 1. The van der Waals surface area contributed by atoms with Gasteiger partial charge in [-0.15, -0.1) is 0 Å². The Balaban J connectivity index is 1.55. The molecule has 1 atom stereocenters. The summed E-state index contributed by atoms with van der Waals surface area (Å²) in [5.74, 6) is -1.31. The fourth-order valence-electron chi connectivity index (χ4n) is 4.51. The lowest BCUT2D eigenvalue weighted by Crippen LogP contribution is -2.56. The molecule has 2 aliphatic rings. The maximum atomic E-state index is 13.1. The molecule has 1 aromatic carbocycles. The molecule has 3 N–H and O–H groups in total. The number of rotatable bonds is 3. The first-order chi connectivity index (χ1) is 13.3. The van der Waals surface area contributed by atoms with Crippen molar-refractivity contribution in [3.8, 4) is 5.75 Å². The number of carbonyl (C=O) groups excluding carboxylic acids is 2. The SMILES string of the molecule is COc1ccc2[nH]c(C(=O)N3CCC4(CC3)NC(=O)CC4C(=O)O)c(C)c2c1. The fraction of sp³-hybridized carbons (Fsp3) is 0.450. The molecule has 2 amide bonds. The molecule has 1 spiro atoms. The van der Waals surface area contributed by atoms with Crippen LogP contribution in [0.15, 0.2) is 18.2 Å². The Labute approximate surface area is 161 Å². The number of hydrogen-bond acceptors (Lipinski definition) is 4. The Morgan fingerprint density at radius 2 is 2.00 bits per heavy atom. The van der Waals surface area contributed by atoms with Gasteiger partial charge < -0.3 is 25.0 Å². The van der Waals surface area contributed by atoms with E-state index in [-0.39, 0.29) is 18.2 Å². The number of amides is 2. The zero-order valence-corrected chi connectivity index (χ0v) is 15.9. The average Bonchev–Trinajstić information content (AvgIpc) is 3.18. The summed E-state index contributed by atoms with van der Waals surface area (Å²) < 4.78 is 5.26. The first kappa shape index (κ1) is 18.3. The summed E-state index contributed by atoms with van der Waals surface area (Å²) in [5, 5.41) is 13.3. The number of piperidine rings is 1. The summed E-state index contributed by atoms with van der Waals surface area (Å²) in [7, 11) is 1.60. The van der Waals surface area contributed by atoms with Crippen LogP contribution in [0.25, 0.3) is 10.9 Å². The first-order valence-corrected chi connectivity index (χ1v) is 9.34. The molecule has 0 aliphatic carbocycles. The van der Waals surface area contributed by atoms with E-state index in [4.69, 9.17) is 4.74 Å². The third-order valence-corrected chi connectivity index (χ3v) is 6.17. The van der Waals surface area contributed by atoms with Gasteiger partial charge in [0.05, 0.1) is 18.6 Å². The number of aromatic nitrogens is 1. The molecule has 2 aliphatic heterocycles. The van der Waals surface area contributed by atoms with Gasteiger partial charge in [0.2, 0.25) is 5.91 Å². The van der Waals surface area contributed by atoms with Gasteiger partial charge >= 0.3 is 5.97 Å². The molecule has 2 saturated heterocycles. The second-order valence-electron chi connectivity index (χ2n) is 7.63. The van der Waals surface area contributed by atoms with Crippen LogP contribution in [0.4, 0.5) is 0 Å². The van der Waals surface area contributed by atoms with Gasteiger partial charge in [-0.3, -0.25) is 14.4 Å². The highest BCUT2D eigenvalue weighted by Crippen LogP contribution is 2.37. The number of carboxylic acids is 1. The standard InChI is InChI=1S/C20H23N3O5/c1-11-13-9-12(28-2)3-4-15(13)21-17(11)18(25)23-7-5-20(6-8-23)14(19(26)27)10-16(24)22-20/h3-4,9,14,21H,5-8,10H2,1-2H3,(H,22,24)(H,26,27). The zero-order valence-electron chi connectivity index (χ0n) is 15.9. The number of aromatic amines is 1. The van der Waals surface area contributed by atoms with Crippen molar-refractivity contribution < 1.29 is 24.2 Å². The summed E-state index contributed by atoms with van der Waals surface area (Å²) >= 11 is 0. The quantitative estimate of drug-likeness (QED) is 0.744. The van der Waals surface area contributed by atoms with Crippen molar-refractivity contribution in [2.45, 2.75) is 31.7 Å². The number of likely N-dealkylation sites (tertiary alicyclic amines) is 1. The number of nitrogens with zero attached hydrogens (tertiary/aromatic N) is 1. The summed E-state index contributed by atoms with van der Waals surface area (Å²) in [6, 6.07) is 5.62. The molecule has 3 heterocycles. The molecule has 148 valence electrons. The Morgan fingerprint density at radius 1 is 1.29 bits per heavy atom. The predicted molar refractivity (Wildman–Crippen MR) is 101 cm³/mol. The second-order valence-corrected chi connectivity index (χ2v) is 7.63. The maximum absolute atomic E-state index is 13.1. The van der Waals surface area contributed by atoms with Crippen molar-refractivity contribution in [2.24, 2.45) is 5.92 Å². The van der Waals surface area contributed by atoms with Crippen LogP contribution in [0.3, 0.4) is 0 Å². The number of aryl methyl sites for hydroxylation is 1. The van der Waals surface area contributed by atoms with E-state index in [0.717, 1.165) is 22.2 Å². The molecule has 0 bridgehead atoms. The van der Waals surface area contributed by atoms with E-state index in [2.05, 4.69) is 10.3 Å². The van der Waals surface area contributed by atoms with E-state index in [1.807, 2.05) is 25.1 Å². The Bertz CT molecular complexity index is 972. The van der Waals surface area contributed by atoms with Crippen molar-refractivity contribution >= 4 is 28.7 Å². The molecular formula is C20H23N3O5. The van der Waals surface area contributed by atoms with E-state index < -0.39 is 17.4 Å². The molecule has 28 heavy (non-hydrogen) atoms. The monoisotopic (exact) mass is 385 g/mol. The van der Waals surface area contributed by atoms with Gasteiger partial charge in [-0.25, -0.2) is 0 Å². The minimum absolute atomic E-state index is 0.00619. The summed E-state index contributed by atoms with van der Waals surface area (Å²) in [6.45, 7) is 2.70. The Morgan fingerprint density at radius 3 is 2.64 bits per heavy atom.